The average molecular weight is 233 g/mol. The van der Waals surface area contributed by atoms with Gasteiger partial charge in [0.15, 0.2) is 11.9 Å². The van der Waals surface area contributed by atoms with Gasteiger partial charge in [0.1, 0.15) is 0 Å². The second-order valence-corrected chi connectivity index (χ2v) is 3.58. The van der Waals surface area contributed by atoms with E-state index in [1.165, 1.54) is 0 Å². The number of nitrogens with zero attached hydrogens (tertiary/aromatic N) is 2. The van der Waals surface area contributed by atoms with Gasteiger partial charge in [0.2, 0.25) is 0 Å². The molecule has 1 unspecified atom stereocenters. The van der Waals surface area contributed by atoms with Crippen molar-refractivity contribution in [2.45, 2.75) is 19.4 Å². The number of nitrogens with one attached hydrogen (secondary N) is 1. The van der Waals surface area contributed by atoms with Crippen LogP contribution >= 0.6 is 0 Å². The molecule has 5 heteroatoms. The summed E-state index contributed by atoms with van der Waals surface area (Å²) < 4.78 is 0. The SMILES string of the molecule is CCC(N=C(N)NC(N)=NC)c1ccccc1. The van der Waals surface area contributed by atoms with E-state index in [1.807, 2.05) is 30.3 Å². The maximum Gasteiger partial charge on any atom is 0.196 e. The predicted molar refractivity (Wildman–Crippen MR) is 71.8 cm³/mol. The monoisotopic (exact) mass is 233 g/mol. The number of hydrogen-bond donors (Lipinski definition) is 3. The van der Waals surface area contributed by atoms with Gasteiger partial charge in [0.25, 0.3) is 0 Å². The summed E-state index contributed by atoms with van der Waals surface area (Å²) in [7, 11) is 1.59. The lowest BCUT2D eigenvalue weighted by Gasteiger charge is -2.12. The van der Waals surface area contributed by atoms with Crippen LogP contribution in [0, 0.1) is 0 Å². The molecule has 0 saturated carbocycles. The third kappa shape index (κ3) is 4.14. The van der Waals surface area contributed by atoms with Crippen LogP contribution in [0.3, 0.4) is 0 Å². The molecule has 0 bridgehead atoms. The molecule has 0 aliphatic carbocycles. The lowest BCUT2D eigenvalue weighted by atomic mass is 10.1. The Bertz CT molecular complexity index is 397. The maximum absolute atomic E-state index is 5.74. The van der Waals surface area contributed by atoms with Crippen molar-refractivity contribution >= 4 is 11.9 Å². The Balaban J connectivity index is 2.79. The fraction of sp³-hybridized carbons (Fsp3) is 0.333. The smallest absolute Gasteiger partial charge is 0.196 e. The number of aliphatic imine (C=N–C) groups is 2. The first-order chi connectivity index (χ1) is 8.17. The van der Waals surface area contributed by atoms with Crippen LogP contribution in [0.2, 0.25) is 0 Å². The van der Waals surface area contributed by atoms with Gasteiger partial charge < -0.3 is 11.5 Å². The van der Waals surface area contributed by atoms with Gasteiger partial charge in [0, 0.05) is 7.05 Å². The topological polar surface area (TPSA) is 88.8 Å². The second-order valence-electron chi connectivity index (χ2n) is 3.58. The Morgan fingerprint density at radius 2 is 1.88 bits per heavy atom. The second kappa shape index (κ2) is 6.52. The first kappa shape index (κ1) is 13.0. The van der Waals surface area contributed by atoms with E-state index >= 15 is 0 Å². The molecule has 0 spiro atoms. The first-order valence-electron chi connectivity index (χ1n) is 5.54. The molecule has 17 heavy (non-hydrogen) atoms. The first-order valence-corrected chi connectivity index (χ1v) is 5.54. The quantitative estimate of drug-likeness (QED) is 0.537. The van der Waals surface area contributed by atoms with E-state index in [9.17, 15) is 0 Å². The van der Waals surface area contributed by atoms with Crippen LogP contribution in [-0.4, -0.2) is 19.0 Å². The van der Waals surface area contributed by atoms with Gasteiger partial charge in [-0.15, -0.1) is 0 Å². The molecule has 92 valence electrons. The van der Waals surface area contributed by atoms with Crippen molar-refractivity contribution in [2.75, 3.05) is 7.05 Å². The van der Waals surface area contributed by atoms with E-state index in [4.69, 9.17) is 11.5 Å². The van der Waals surface area contributed by atoms with Crippen molar-refractivity contribution in [2.24, 2.45) is 21.5 Å². The van der Waals surface area contributed by atoms with Crippen molar-refractivity contribution in [1.29, 1.82) is 0 Å². The highest BCUT2D eigenvalue weighted by atomic mass is 15.2. The minimum Gasteiger partial charge on any atom is -0.370 e. The van der Waals surface area contributed by atoms with Crippen LogP contribution in [0.25, 0.3) is 0 Å². The van der Waals surface area contributed by atoms with Crippen molar-refractivity contribution in [1.82, 2.24) is 5.32 Å². The van der Waals surface area contributed by atoms with E-state index in [0.717, 1.165) is 12.0 Å². The van der Waals surface area contributed by atoms with E-state index in [2.05, 4.69) is 22.2 Å². The van der Waals surface area contributed by atoms with E-state index in [0.29, 0.717) is 0 Å². The van der Waals surface area contributed by atoms with Crippen LogP contribution in [0.5, 0.6) is 0 Å². The van der Waals surface area contributed by atoms with E-state index < -0.39 is 0 Å². The van der Waals surface area contributed by atoms with E-state index in [1.54, 1.807) is 7.05 Å². The largest absolute Gasteiger partial charge is 0.370 e. The molecule has 1 aromatic rings. The lowest BCUT2D eigenvalue weighted by Crippen LogP contribution is -2.41. The molecule has 0 aromatic heterocycles. The Morgan fingerprint density at radius 3 is 2.41 bits per heavy atom. The molecule has 5 N–H and O–H groups in total. The van der Waals surface area contributed by atoms with Gasteiger partial charge in [-0.05, 0) is 12.0 Å². The molecular formula is C12H19N5. The Kier molecular flexibility index (Phi) is 5.00. The number of guanidine groups is 2. The van der Waals surface area contributed by atoms with E-state index in [-0.39, 0.29) is 18.0 Å². The van der Waals surface area contributed by atoms with Gasteiger partial charge in [0.05, 0.1) is 6.04 Å². The Labute approximate surface area is 102 Å². The molecule has 0 aliphatic rings. The molecular weight excluding hydrogens is 214 g/mol. The molecule has 0 amide bonds. The molecule has 0 heterocycles. The molecule has 0 fully saturated rings. The average Bonchev–Trinajstić information content (AvgIpc) is 2.36. The molecule has 0 radical (unpaired) electrons. The lowest BCUT2D eigenvalue weighted by molar-refractivity contribution is 0.697. The van der Waals surface area contributed by atoms with Crippen molar-refractivity contribution < 1.29 is 0 Å². The highest BCUT2D eigenvalue weighted by Crippen LogP contribution is 2.19. The van der Waals surface area contributed by atoms with Crippen LogP contribution in [0.1, 0.15) is 24.9 Å². The van der Waals surface area contributed by atoms with Crippen LogP contribution in [-0.2, 0) is 0 Å². The molecule has 1 rings (SSSR count). The number of hydrogen-bond acceptors (Lipinski definition) is 2. The highest BCUT2D eigenvalue weighted by molar-refractivity contribution is 5.97. The molecule has 5 nitrogen and oxygen atoms in total. The summed E-state index contributed by atoms with van der Waals surface area (Å²) in [4.78, 5) is 8.13. The van der Waals surface area contributed by atoms with Crippen molar-refractivity contribution in [3.63, 3.8) is 0 Å². The summed E-state index contributed by atoms with van der Waals surface area (Å²) in [6.07, 6.45) is 0.871. The number of rotatable bonds is 3. The van der Waals surface area contributed by atoms with Crippen molar-refractivity contribution in [3.8, 4) is 0 Å². The summed E-state index contributed by atoms with van der Waals surface area (Å²) >= 11 is 0. The maximum atomic E-state index is 5.74. The summed E-state index contributed by atoms with van der Waals surface area (Å²) in [6.45, 7) is 2.06. The molecule has 1 atom stereocenters. The summed E-state index contributed by atoms with van der Waals surface area (Å²) in [5.41, 5.74) is 12.4. The van der Waals surface area contributed by atoms with Gasteiger partial charge in [-0.1, -0.05) is 37.3 Å². The van der Waals surface area contributed by atoms with Gasteiger partial charge >= 0.3 is 0 Å². The summed E-state index contributed by atoms with van der Waals surface area (Å²) in [5, 5.41) is 2.72. The summed E-state index contributed by atoms with van der Waals surface area (Å²) in [6, 6.07) is 10.0. The van der Waals surface area contributed by atoms with Crippen molar-refractivity contribution in [3.05, 3.63) is 35.9 Å². The Morgan fingerprint density at radius 1 is 1.24 bits per heavy atom. The van der Waals surface area contributed by atoms with Crippen LogP contribution in [0.4, 0.5) is 0 Å². The molecule has 0 aliphatic heterocycles. The fourth-order valence-electron chi connectivity index (χ4n) is 1.46. The number of nitrogens with two attached hydrogens (primary N) is 2. The number of benzene rings is 1. The third-order valence-electron chi connectivity index (χ3n) is 2.36. The Hall–Kier alpha value is -2.04. The normalized spacial score (nSPS) is 14.5. The zero-order chi connectivity index (χ0) is 12.7. The molecule has 1 aromatic carbocycles. The minimum absolute atomic E-state index is 0.0355. The van der Waals surface area contributed by atoms with Gasteiger partial charge in [-0.2, -0.15) is 0 Å². The summed E-state index contributed by atoms with van der Waals surface area (Å²) in [5.74, 6) is 0.540. The zero-order valence-corrected chi connectivity index (χ0v) is 10.2. The van der Waals surface area contributed by atoms with Crippen LogP contribution in [0.15, 0.2) is 40.3 Å². The van der Waals surface area contributed by atoms with Crippen LogP contribution < -0.4 is 16.8 Å². The third-order valence-corrected chi connectivity index (χ3v) is 2.36. The zero-order valence-electron chi connectivity index (χ0n) is 10.2. The minimum atomic E-state index is 0.0355. The van der Waals surface area contributed by atoms with Gasteiger partial charge in [-0.25, -0.2) is 4.99 Å². The predicted octanol–water partition coefficient (Wildman–Crippen LogP) is 0.987. The van der Waals surface area contributed by atoms with Gasteiger partial charge in [-0.3, -0.25) is 10.3 Å². The highest BCUT2D eigenvalue weighted by Gasteiger charge is 2.07. The fourth-order valence-corrected chi connectivity index (χ4v) is 1.46. The standard InChI is InChI=1S/C12H19N5/c1-3-10(9-7-5-4-6-8-9)16-12(14)17-11(13)15-2/h4-8,10H,3H2,1-2H3,(H5,13,14,15,16,17). The molecule has 0 saturated heterocycles.